The second-order valence-corrected chi connectivity index (χ2v) is 3.75. The molecule has 80 valence electrons. The fourth-order valence-electron chi connectivity index (χ4n) is 0.659. The molecule has 14 heavy (non-hydrogen) atoms. The first kappa shape index (κ1) is 13.6. The molecule has 0 bridgehead atoms. The zero-order valence-corrected chi connectivity index (χ0v) is 10.2. The van der Waals surface area contributed by atoms with Gasteiger partial charge in [-0.2, -0.15) is 0 Å². The molecule has 0 aliphatic rings. The van der Waals surface area contributed by atoms with Crippen molar-refractivity contribution >= 4 is 34.2 Å². The number of ether oxygens (including phenoxy) is 1. The van der Waals surface area contributed by atoms with Gasteiger partial charge < -0.3 is 4.74 Å². The quantitative estimate of drug-likeness (QED) is 0.321. The van der Waals surface area contributed by atoms with Crippen molar-refractivity contribution in [3.63, 3.8) is 0 Å². The van der Waals surface area contributed by atoms with Gasteiger partial charge in [0.2, 0.25) is 10.5 Å². The van der Waals surface area contributed by atoms with Gasteiger partial charge in [-0.15, -0.1) is 0 Å². The van der Waals surface area contributed by atoms with Crippen molar-refractivity contribution in [3.05, 3.63) is 12.2 Å². The van der Waals surface area contributed by atoms with Crippen molar-refractivity contribution in [2.24, 2.45) is 9.98 Å². The van der Waals surface area contributed by atoms with E-state index in [2.05, 4.69) is 9.98 Å². The van der Waals surface area contributed by atoms with Gasteiger partial charge in [-0.1, -0.05) is 17.7 Å². The molecule has 0 saturated heterocycles. The van der Waals surface area contributed by atoms with Crippen LogP contribution >= 0.6 is 23.2 Å². The number of allylic oxidation sites excluding steroid dienone is 2. The zero-order chi connectivity index (χ0) is 11.2. The van der Waals surface area contributed by atoms with Crippen molar-refractivity contribution in [2.45, 2.75) is 26.0 Å². The van der Waals surface area contributed by atoms with Crippen LogP contribution in [0, 0.1) is 0 Å². The topological polar surface area (TPSA) is 34.0 Å². The Balaban J connectivity index is 4.63. The van der Waals surface area contributed by atoms with Gasteiger partial charge in [-0.05, 0) is 31.5 Å². The Bertz CT molecular complexity index is 270. The second kappa shape index (κ2) is 6.17. The highest BCUT2D eigenvalue weighted by atomic mass is 35.5. The minimum Gasteiger partial charge on any atom is -0.345 e. The van der Waals surface area contributed by atoms with Crippen molar-refractivity contribution in [2.75, 3.05) is 7.11 Å². The maximum Gasteiger partial charge on any atom is 0.236 e. The highest BCUT2D eigenvalue weighted by Gasteiger charge is 2.17. The van der Waals surface area contributed by atoms with Crippen LogP contribution in [-0.2, 0) is 4.74 Å². The second-order valence-electron chi connectivity index (χ2n) is 2.71. The highest BCUT2D eigenvalue weighted by Crippen LogP contribution is 2.17. The molecule has 0 fully saturated rings. The molecule has 1 atom stereocenters. The molecule has 0 aliphatic carbocycles. The summed E-state index contributed by atoms with van der Waals surface area (Å²) in [5.41, 5.74) is 0.754. The molecular formula is C9H14Cl2N2O. The number of aliphatic imine (C=N–C) groups is 2. The van der Waals surface area contributed by atoms with Gasteiger partial charge in [0.1, 0.15) is 0 Å². The van der Waals surface area contributed by atoms with Gasteiger partial charge in [-0.25, -0.2) is 9.98 Å². The Labute approximate surface area is 94.5 Å². The van der Waals surface area contributed by atoms with Crippen molar-refractivity contribution < 1.29 is 4.74 Å². The zero-order valence-electron chi connectivity index (χ0n) is 8.71. The van der Waals surface area contributed by atoms with Gasteiger partial charge in [0, 0.05) is 19.7 Å². The van der Waals surface area contributed by atoms with Gasteiger partial charge >= 0.3 is 0 Å². The number of hydrogen-bond acceptors (Lipinski definition) is 2. The van der Waals surface area contributed by atoms with E-state index in [-0.39, 0.29) is 5.29 Å². The molecule has 0 aliphatic heterocycles. The first-order valence-corrected chi connectivity index (χ1v) is 4.84. The summed E-state index contributed by atoms with van der Waals surface area (Å²) >= 11 is 11.5. The molecule has 1 unspecified atom stereocenters. The molecule has 0 radical (unpaired) electrons. The van der Waals surface area contributed by atoms with Crippen LogP contribution in [-0.4, -0.2) is 23.3 Å². The van der Waals surface area contributed by atoms with Gasteiger partial charge in [-0.3, -0.25) is 0 Å². The summed E-state index contributed by atoms with van der Waals surface area (Å²) in [7, 11) is 1.45. The van der Waals surface area contributed by atoms with Crippen molar-refractivity contribution in [3.8, 4) is 0 Å². The van der Waals surface area contributed by atoms with Crippen LogP contribution in [0.3, 0.4) is 0 Å². The predicted octanol–water partition coefficient (Wildman–Crippen LogP) is 3.18. The lowest BCUT2D eigenvalue weighted by atomic mass is 10.4. The molecule has 3 nitrogen and oxygen atoms in total. The van der Waals surface area contributed by atoms with E-state index in [0.717, 1.165) is 5.71 Å². The fraction of sp³-hybridized carbons (Fsp3) is 0.556. The third-order valence-corrected chi connectivity index (χ3v) is 1.75. The normalized spacial score (nSPS) is 18.7. The number of halogens is 2. The maximum absolute atomic E-state index is 5.79. The smallest absolute Gasteiger partial charge is 0.236 e. The average molecular weight is 237 g/mol. The average Bonchev–Trinajstić information content (AvgIpc) is 2.03. The lowest BCUT2D eigenvalue weighted by Gasteiger charge is -2.13. The van der Waals surface area contributed by atoms with E-state index in [0.29, 0.717) is 0 Å². The van der Waals surface area contributed by atoms with Gasteiger partial charge in [0.25, 0.3) is 0 Å². The number of hydrogen-bond donors (Lipinski definition) is 0. The molecular weight excluding hydrogens is 223 g/mol. The summed E-state index contributed by atoms with van der Waals surface area (Å²) in [6.07, 6.45) is 3.68. The van der Waals surface area contributed by atoms with Crippen LogP contribution in [0.5, 0.6) is 0 Å². The minimum atomic E-state index is -1.16. The van der Waals surface area contributed by atoms with Crippen LogP contribution in [0.25, 0.3) is 0 Å². The summed E-state index contributed by atoms with van der Waals surface area (Å²) in [5, 5.41) is -1.09. The molecule has 0 aromatic heterocycles. The van der Waals surface area contributed by atoms with Crippen LogP contribution in [0.15, 0.2) is 22.1 Å². The molecule has 5 heteroatoms. The van der Waals surface area contributed by atoms with Crippen molar-refractivity contribution in [1.29, 1.82) is 0 Å². The molecule has 0 rings (SSSR count). The standard InChI is InChI=1S/C9H14Cl2N2O/c1-5-6-7(2)12-8(10)13-9(3,11)14-4/h5-6H,1-4H3/b6-5-,12-7+,13-8-. The number of amidine groups is 1. The summed E-state index contributed by atoms with van der Waals surface area (Å²) < 4.78 is 4.86. The highest BCUT2D eigenvalue weighted by molar-refractivity contribution is 6.66. The lowest BCUT2D eigenvalue weighted by molar-refractivity contribution is 0.0883. The molecule has 0 aromatic rings. The summed E-state index contributed by atoms with van der Waals surface area (Å²) in [6.45, 7) is 5.29. The molecule has 0 saturated carbocycles. The largest absolute Gasteiger partial charge is 0.345 e. The number of methoxy groups -OCH3 is 1. The molecule has 0 aromatic carbocycles. The fourth-order valence-corrected chi connectivity index (χ4v) is 1.08. The SMILES string of the molecule is C\C=C/C(C)=N/C(Cl)=N\C(C)(Cl)OC. The van der Waals surface area contributed by atoms with Crippen molar-refractivity contribution in [1.82, 2.24) is 0 Å². The van der Waals surface area contributed by atoms with Crippen LogP contribution in [0.2, 0.25) is 0 Å². The number of nitrogens with zero attached hydrogens (tertiary/aromatic N) is 2. The third kappa shape index (κ3) is 6.13. The first-order valence-electron chi connectivity index (χ1n) is 4.08. The Hall–Kier alpha value is -0.380. The van der Waals surface area contributed by atoms with E-state index in [1.807, 2.05) is 26.0 Å². The molecule has 0 N–H and O–H groups in total. The lowest BCUT2D eigenvalue weighted by Crippen LogP contribution is -2.16. The summed E-state index contributed by atoms with van der Waals surface area (Å²) in [6, 6.07) is 0. The minimum absolute atomic E-state index is 0.0694. The van der Waals surface area contributed by atoms with Crippen LogP contribution < -0.4 is 0 Å². The molecule has 0 heterocycles. The van der Waals surface area contributed by atoms with E-state index >= 15 is 0 Å². The summed E-state index contributed by atoms with van der Waals surface area (Å²) in [4.78, 5) is 7.83. The van der Waals surface area contributed by atoms with Crippen LogP contribution in [0.4, 0.5) is 0 Å². The third-order valence-electron chi connectivity index (χ3n) is 1.34. The van der Waals surface area contributed by atoms with Crippen LogP contribution in [0.1, 0.15) is 20.8 Å². The Morgan fingerprint density at radius 1 is 1.50 bits per heavy atom. The maximum atomic E-state index is 5.79. The van der Waals surface area contributed by atoms with Gasteiger partial charge in [0.15, 0.2) is 0 Å². The Morgan fingerprint density at radius 2 is 2.07 bits per heavy atom. The Kier molecular flexibility index (Phi) is 6.00. The molecule has 0 amide bonds. The monoisotopic (exact) mass is 236 g/mol. The van der Waals surface area contributed by atoms with Gasteiger partial charge in [0.05, 0.1) is 0 Å². The number of rotatable bonds is 3. The first-order chi connectivity index (χ1) is 6.41. The summed E-state index contributed by atoms with van der Waals surface area (Å²) in [5.74, 6) is 0. The molecule has 0 spiro atoms. The Morgan fingerprint density at radius 3 is 2.50 bits per heavy atom. The van der Waals surface area contributed by atoms with E-state index in [1.54, 1.807) is 6.92 Å². The van der Waals surface area contributed by atoms with E-state index in [9.17, 15) is 0 Å². The number of alkyl halides is 1. The predicted molar refractivity (Wildman–Crippen MR) is 62.5 cm³/mol. The van der Waals surface area contributed by atoms with E-state index in [1.165, 1.54) is 7.11 Å². The van der Waals surface area contributed by atoms with E-state index in [4.69, 9.17) is 27.9 Å². The van der Waals surface area contributed by atoms with E-state index < -0.39 is 5.18 Å².